The van der Waals surface area contributed by atoms with E-state index < -0.39 is 12.3 Å². The number of hydrogen-bond donors (Lipinski definition) is 3. The number of benzene rings is 18. The summed E-state index contributed by atoms with van der Waals surface area (Å²) in [6.07, 6.45) is -1.23. The van der Waals surface area contributed by atoms with Crippen LogP contribution in [0, 0.1) is 0 Å². The maximum absolute atomic E-state index is 6.70. The lowest BCUT2D eigenvalue weighted by Crippen LogP contribution is -2.45. The molecular formula is C104H64N6O2S2. The standard InChI is InChI=1S/C104H64N6O2S2/c1-2-18-62-51-63(42-39-59(62)17-1)60-37-40-61(41-38-60)99-105-100(68-46-49-78-76-21-7-11-35-93(76)113-95(78)57-68)107-102(106-99)70-52-67-44-43-64(53-85(67)87(56-70)81-29-16-34-92-98(81)84-24-6-10-32-90(84)112-92)65-45-48-75-86(54-65)71-20-4-3-19-66(71)55-88(75)104-109-101(69-47-50-79-77-22-8-12-36-94(77)114-96(79)58-69)108-103(110-104)82-30-14-25-72-73(26-13-27-74(72)82)80-28-15-33-91-97(80)83-23-5-9-31-89(83)111-91/h1-58,99,101,103,108H,(H,109,110)(H,105,106,107). The lowest BCUT2D eigenvalue weighted by molar-refractivity contribution is 0.411. The predicted molar refractivity (Wildman–Crippen MR) is 479 cm³/mol. The van der Waals surface area contributed by atoms with Gasteiger partial charge in [-0.2, -0.15) is 0 Å². The Balaban J connectivity index is 0.653. The summed E-state index contributed by atoms with van der Waals surface area (Å²) in [6.45, 7) is 0. The van der Waals surface area contributed by atoms with Gasteiger partial charge >= 0.3 is 0 Å². The maximum atomic E-state index is 6.70. The zero-order valence-electron chi connectivity index (χ0n) is 61.2. The molecule has 2 aliphatic rings. The fourth-order valence-corrected chi connectivity index (χ4v) is 20.4. The zero-order valence-corrected chi connectivity index (χ0v) is 62.8. The van der Waals surface area contributed by atoms with Gasteiger partial charge in [-0.1, -0.05) is 267 Å². The Morgan fingerprint density at radius 1 is 0.254 bits per heavy atom. The van der Waals surface area contributed by atoms with E-state index in [2.05, 4.69) is 356 Å². The molecule has 0 spiro atoms. The van der Waals surface area contributed by atoms with E-state index >= 15 is 0 Å². The first kappa shape index (κ1) is 64.7. The smallest absolute Gasteiger partial charge is 0.159 e. The summed E-state index contributed by atoms with van der Waals surface area (Å²) in [5, 5.41) is 32.8. The molecule has 0 amide bonds. The molecule has 22 aromatic rings. The number of hydrogen-bond acceptors (Lipinski definition) is 10. The summed E-state index contributed by atoms with van der Waals surface area (Å²) < 4.78 is 18.1. The maximum Gasteiger partial charge on any atom is 0.159 e. The lowest BCUT2D eigenvalue weighted by Gasteiger charge is -2.33. The molecule has 10 heteroatoms. The van der Waals surface area contributed by atoms with Crippen molar-refractivity contribution in [3.63, 3.8) is 0 Å². The van der Waals surface area contributed by atoms with Gasteiger partial charge < -0.3 is 19.5 Å². The molecule has 0 radical (unpaired) electrons. The van der Waals surface area contributed by atoms with Crippen LogP contribution in [0.5, 0.6) is 0 Å². The van der Waals surface area contributed by atoms with E-state index in [-0.39, 0.29) is 6.17 Å². The van der Waals surface area contributed by atoms with Gasteiger partial charge in [0.1, 0.15) is 52.5 Å². The number of nitrogens with one attached hydrogen (secondary N) is 3. The highest BCUT2D eigenvalue weighted by Gasteiger charge is 2.31. The number of furan rings is 2. The molecule has 2 aliphatic heterocycles. The summed E-state index contributed by atoms with van der Waals surface area (Å²) in [5.41, 5.74) is 18.5. The third kappa shape index (κ3) is 10.6. The second kappa shape index (κ2) is 25.7. The quantitative estimate of drug-likeness (QED) is 0.119. The van der Waals surface area contributed by atoms with Gasteiger partial charge in [-0.3, -0.25) is 5.32 Å². The average molecular weight is 1490 g/mol. The number of thiophene rings is 2. The van der Waals surface area contributed by atoms with Crippen molar-refractivity contribution in [2.45, 2.75) is 18.5 Å². The molecular weight excluding hydrogens is 1430 g/mol. The molecule has 3 unspecified atom stereocenters. The Morgan fingerprint density at radius 3 is 1.52 bits per heavy atom. The van der Waals surface area contributed by atoms with Crippen molar-refractivity contribution in [1.29, 1.82) is 0 Å². The molecule has 4 aromatic heterocycles. The minimum atomic E-state index is -0.457. The van der Waals surface area contributed by atoms with Crippen LogP contribution in [0.3, 0.4) is 0 Å². The van der Waals surface area contributed by atoms with Gasteiger partial charge in [0.25, 0.3) is 0 Å². The van der Waals surface area contributed by atoms with Crippen LogP contribution in [0.15, 0.2) is 376 Å². The Labute approximate surface area is 661 Å². The van der Waals surface area contributed by atoms with Crippen LogP contribution >= 0.6 is 22.7 Å². The van der Waals surface area contributed by atoms with Gasteiger partial charge in [-0.25, -0.2) is 15.0 Å². The van der Waals surface area contributed by atoms with Crippen LogP contribution in [-0.4, -0.2) is 17.5 Å². The van der Waals surface area contributed by atoms with Gasteiger partial charge in [-0.05, 0) is 200 Å². The summed E-state index contributed by atoms with van der Waals surface area (Å²) in [4.78, 5) is 16.9. The summed E-state index contributed by atoms with van der Waals surface area (Å²) in [6, 6.07) is 128. The van der Waals surface area contributed by atoms with Gasteiger partial charge in [0, 0.05) is 78.6 Å². The normalized spacial score (nSPS) is 15.4. The molecule has 0 saturated carbocycles. The molecule has 114 heavy (non-hydrogen) atoms. The predicted octanol–water partition coefficient (Wildman–Crippen LogP) is 27.5. The van der Waals surface area contributed by atoms with Gasteiger partial charge in [0.2, 0.25) is 0 Å². The van der Waals surface area contributed by atoms with Crippen LogP contribution in [0.1, 0.15) is 51.9 Å². The summed E-state index contributed by atoms with van der Waals surface area (Å²) >= 11 is 3.64. The molecule has 6 heterocycles. The van der Waals surface area contributed by atoms with E-state index in [4.69, 9.17) is 23.8 Å². The average Bonchev–Trinajstić information content (AvgIpc) is 1.05. The molecule has 0 aliphatic carbocycles. The van der Waals surface area contributed by atoms with Crippen molar-refractivity contribution in [3.05, 3.63) is 385 Å². The number of nitrogens with zero attached hydrogens (tertiary/aromatic N) is 3. The van der Waals surface area contributed by atoms with Crippen LogP contribution in [0.25, 0.3) is 183 Å². The molecule has 8 nitrogen and oxygen atoms in total. The van der Waals surface area contributed by atoms with Gasteiger partial charge in [0.05, 0.1) is 0 Å². The second-order valence-electron chi connectivity index (χ2n) is 30.1. The minimum absolute atomic E-state index is 0.319. The fourth-order valence-electron chi connectivity index (χ4n) is 18.1. The van der Waals surface area contributed by atoms with Gasteiger partial charge in [-0.15, -0.1) is 22.7 Å². The van der Waals surface area contributed by atoms with Crippen molar-refractivity contribution < 1.29 is 8.83 Å². The van der Waals surface area contributed by atoms with Crippen LogP contribution in [0.4, 0.5) is 0 Å². The first-order chi connectivity index (χ1) is 56.4. The summed E-state index contributed by atoms with van der Waals surface area (Å²) in [7, 11) is 0. The largest absolute Gasteiger partial charge is 0.456 e. The topological polar surface area (TPSA) is 99.5 Å². The summed E-state index contributed by atoms with van der Waals surface area (Å²) in [5.74, 6) is 2.21. The number of amidine groups is 3. The fraction of sp³-hybridized carbons (Fsp3) is 0.0288. The number of rotatable bonds is 10. The highest BCUT2D eigenvalue weighted by Crippen LogP contribution is 2.47. The SMILES string of the molecule is c1ccc2cc(-c3ccc(C4N=C(c5ccc6c(c5)sc5ccccc56)N=C(c5cc(-c6cccc7oc8ccccc8c67)c6cc(-c7ccc8c(C9=NC(c%10cccc%11c(-c%12cccc%13oc%14ccccc%14c%12%13)cccc%10%11)NC(c%10ccc%11c(c%10)sc%10ccccc%10%11)N9)cc9ccccc9c8c7)ccc6c5)N4)cc3)ccc2c1. The van der Waals surface area contributed by atoms with E-state index in [1.54, 1.807) is 11.3 Å². The third-order valence-corrected chi connectivity index (χ3v) is 25.9. The first-order valence-electron chi connectivity index (χ1n) is 38.7. The van der Waals surface area contributed by atoms with Crippen LogP contribution in [-0.2, 0) is 0 Å². The molecule has 0 saturated heterocycles. The Morgan fingerprint density at radius 2 is 0.763 bits per heavy atom. The highest BCUT2D eigenvalue weighted by atomic mass is 32.1. The Hall–Kier alpha value is -14.1. The first-order valence-corrected chi connectivity index (χ1v) is 40.4. The molecule has 0 fully saturated rings. The van der Waals surface area contributed by atoms with Crippen molar-refractivity contribution in [2.75, 3.05) is 0 Å². The number of para-hydroxylation sites is 2. The molecule has 3 atom stereocenters. The molecule has 18 aromatic carbocycles. The van der Waals surface area contributed by atoms with E-state index in [1.165, 1.54) is 56.7 Å². The van der Waals surface area contributed by atoms with E-state index in [1.807, 2.05) is 23.5 Å². The van der Waals surface area contributed by atoms with Crippen molar-refractivity contribution in [3.8, 4) is 44.5 Å². The van der Waals surface area contributed by atoms with E-state index in [0.717, 1.165) is 171 Å². The number of fused-ring (bicyclic) bond motifs is 18. The van der Waals surface area contributed by atoms with Crippen LogP contribution < -0.4 is 16.0 Å². The van der Waals surface area contributed by atoms with E-state index in [9.17, 15) is 0 Å². The van der Waals surface area contributed by atoms with Crippen molar-refractivity contribution >= 4 is 178 Å². The molecule has 0 bridgehead atoms. The Bertz CT molecular complexity index is 7950. The van der Waals surface area contributed by atoms with E-state index in [0.29, 0.717) is 5.84 Å². The number of aliphatic imine (C=N–C) groups is 3. The zero-order chi connectivity index (χ0) is 74.6. The molecule has 24 rings (SSSR count). The lowest BCUT2D eigenvalue weighted by atomic mass is 9.89. The van der Waals surface area contributed by atoms with Crippen LogP contribution in [0.2, 0.25) is 0 Å². The second-order valence-corrected chi connectivity index (χ2v) is 32.3. The van der Waals surface area contributed by atoms with Crippen molar-refractivity contribution in [1.82, 2.24) is 16.0 Å². The van der Waals surface area contributed by atoms with Crippen molar-refractivity contribution in [2.24, 2.45) is 15.0 Å². The molecule has 534 valence electrons. The molecule has 3 N–H and O–H groups in total. The Kier molecular flexibility index (Phi) is 14.6. The minimum Gasteiger partial charge on any atom is -0.456 e. The van der Waals surface area contributed by atoms with Gasteiger partial charge in [0.15, 0.2) is 5.84 Å². The monoisotopic (exact) mass is 1490 g/mol. The third-order valence-electron chi connectivity index (χ3n) is 23.6. The highest BCUT2D eigenvalue weighted by molar-refractivity contribution is 7.26.